The number of primary amides is 1. The van der Waals surface area contributed by atoms with E-state index < -0.39 is 23.6 Å². The number of hydrogen-bond donors (Lipinski definition) is 3. The van der Waals surface area contributed by atoms with Crippen molar-refractivity contribution in [2.75, 3.05) is 18.0 Å². The molecule has 3 unspecified atom stereocenters. The van der Waals surface area contributed by atoms with E-state index in [-0.39, 0.29) is 23.9 Å². The molecule has 0 radical (unpaired) electrons. The molecule has 4 rings (SSSR count). The Kier molecular flexibility index (Phi) is 6.11. The molecule has 2 heterocycles. The van der Waals surface area contributed by atoms with Gasteiger partial charge in [0.1, 0.15) is 29.5 Å². The normalized spacial score (nSPS) is 22.9. The van der Waals surface area contributed by atoms with E-state index in [1.807, 2.05) is 0 Å². The fraction of sp³-hybridized carbons (Fsp3) is 0.409. The van der Waals surface area contributed by atoms with Crippen LogP contribution in [0.2, 0.25) is 0 Å². The number of hydrogen-bond acceptors (Lipinski definition) is 6. The number of nitrogens with one attached hydrogen (secondary N) is 2. The Morgan fingerprint density at radius 3 is 2.41 bits per heavy atom. The van der Waals surface area contributed by atoms with Gasteiger partial charge >= 0.3 is 0 Å². The van der Waals surface area contributed by atoms with Gasteiger partial charge in [-0.25, -0.2) is 18.7 Å². The van der Waals surface area contributed by atoms with Gasteiger partial charge in [-0.05, 0) is 48.6 Å². The Morgan fingerprint density at radius 2 is 1.81 bits per heavy atom. The summed E-state index contributed by atoms with van der Waals surface area (Å²) in [6.07, 6.45) is 3.97. The van der Waals surface area contributed by atoms with E-state index in [2.05, 4.69) is 20.2 Å². The van der Waals surface area contributed by atoms with Gasteiger partial charge in [0, 0.05) is 37.6 Å². The molecule has 0 spiro atoms. The molecule has 0 bridgehead atoms. The van der Waals surface area contributed by atoms with Gasteiger partial charge in [-0.1, -0.05) is 0 Å². The molecule has 168 valence electrons. The van der Waals surface area contributed by atoms with Crippen LogP contribution in [0.4, 0.5) is 14.6 Å². The molecule has 1 saturated heterocycles. The minimum Gasteiger partial charge on any atom is -0.364 e. The van der Waals surface area contributed by atoms with E-state index >= 15 is 0 Å². The third kappa shape index (κ3) is 4.58. The maximum Gasteiger partial charge on any atom is 0.267 e. The number of rotatable bonds is 7. The molecule has 32 heavy (non-hydrogen) atoms. The lowest BCUT2D eigenvalue weighted by atomic mass is 10.0. The standard InChI is InChI=1S/C22H24F2N6O2/c23-16-5-12(6-17(24)7-16)18(1-2-25)29-22(32)13-3-14-9-30(10-15(14)4-13)20-8-19(21(26)31)27-11-28-20/h2,5-8,11,13-15,18,25H,1,3-4,9-10H2,(H2,26,31)(H,29,32). The molecule has 4 N–H and O–H groups in total. The smallest absolute Gasteiger partial charge is 0.267 e. The predicted octanol–water partition coefficient (Wildman–Crippen LogP) is 2.21. The molecule has 1 aromatic carbocycles. The van der Waals surface area contributed by atoms with Crippen molar-refractivity contribution in [2.45, 2.75) is 25.3 Å². The fourth-order valence-electron chi connectivity index (χ4n) is 4.82. The summed E-state index contributed by atoms with van der Waals surface area (Å²) in [7, 11) is 0. The van der Waals surface area contributed by atoms with Crippen molar-refractivity contribution >= 4 is 23.8 Å². The quantitative estimate of drug-likeness (QED) is 0.567. The topological polar surface area (TPSA) is 125 Å². The zero-order valence-electron chi connectivity index (χ0n) is 17.3. The predicted molar refractivity (Wildman–Crippen MR) is 113 cm³/mol. The first kappa shape index (κ1) is 21.8. The molecule has 10 heteroatoms. The number of nitrogens with zero attached hydrogens (tertiary/aromatic N) is 3. The van der Waals surface area contributed by atoms with E-state index in [0.29, 0.717) is 49.1 Å². The highest BCUT2D eigenvalue weighted by atomic mass is 19.1. The van der Waals surface area contributed by atoms with E-state index in [9.17, 15) is 18.4 Å². The molecular weight excluding hydrogens is 418 g/mol. The summed E-state index contributed by atoms with van der Waals surface area (Å²) >= 11 is 0. The average molecular weight is 442 g/mol. The summed E-state index contributed by atoms with van der Waals surface area (Å²) in [5.41, 5.74) is 5.76. The SMILES string of the molecule is N=CCC(NC(=O)C1CC2CN(c3cc(C(N)=O)ncn3)CC2C1)c1cc(F)cc(F)c1. The van der Waals surface area contributed by atoms with Crippen molar-refractivity contribution in [3.63, 3.8) is 0 Å². The van der Waals surface area contributed by atoms with Crippen LogP contribution in [-0.2, 0) is 4.79 Å². The minimum absolute atomic E-state index is 0.151. The summed E-state index contributed by atoms with van der Waals surface area (Å²) < 4.78 is 27.2. The van der Waals surface area contributed by atoms with Gasteiger partial charge in [0.25, 0.3) is 5.91 Å². The molecule has 2 aliphatic rings. The molecule has 2 fully saturated rings. The highest BCUT2D eigenvalue weighted by molar-refractivity contribution is 5.91. The zero-order chi connectivity index (χ0) is 22.8. The van der Waals surface area contributed by atoms with E-state index in [4.69, 9.17) is 11.1 Å². The minimum atomic E-state index is -0.719. The number of aromatic nitrogens is 2. The van der Waals surface area contributed by atoms with Crippen LogP contribution in [-0.4, -0.2) is 41.1 Å². The maximum absolute atomic E-state index is 13.6. The second-order valence-electron chi connectivity index (χ2n) is 8.42. The number of fused-ring (bicyclic) bond motifs is 1. The van der Waals surface area contributed by atoms with Crippen LogP contribution < -0.4 is 16.0 Å². The summed E-state index contributed by atoms with van der Waals surface area (Å²) in [6.45, 7) is 1.42. The number of halogens is 2. The van der Waals surface area contributed by atoms with Gasteiger partial charge in [-0.15, -0.1) is 0 Å². The van der Waals surface area contributed by atoms with E-state index in [1.54, 1.807) is 6.07 Å². The molecule has 3 atom stereocenters. The first-order valence-electron chi connectivity index (χ1n) is 10.5. The monoisotopic (exact) mass is 442 g/mol. The van der Waals surface area contributed by atoms with E-state index in [0.717, 1.165) is 12.3 Å². The van der Waals surface area contributed by atoms with Crippen molar-refractivity contribution in [1.29, 1.82) is 5.41 Å². The lowest BCUT2D eigenvalue weighted by molar-refractivity contribution is -0.125. The number of nitrogens with two attached hydrogens (primary N) is 1. The van der Waals surface area contributed by atoms with Crippen LogP contribution in [0.5, 0.6) is 0 Å². The fourth-order valence-corrected chi connectivity index (χ4v) is 4.82. The lowest BCUT2D eigenvalue weighted by Gasteiger charge is -2.22. The van der Waals surface area contributed by atoms with Crippen LogP contribution in [0.3, 0.4) is 0 Å². The molecular formula is C22H24F2N6O2. The van der Waals surface area contributed by atoms with Crippen molar-refractivity contribution in [3.05, 3.63) is 53.5 Å². The van der Waals surface area contributed by atoms with Crippen LogP contribution in [0.15, 0.2) is 30.6 Å². The molecule has 1 saturated carbocycles. The second-order valence-corrected chi connectivity index (χ2v) is 8.42. The highest BCUT2D eigenvalue weighted by Crippen LogP contribution is 2.43. The zero-order valence-corrected chi connectivity index (χ0v) is 17.3. The van der Waals surface area contributed by atoms with Crippen LogP contribution in [0.25, 0.3) is 0 Å². The number of benzene rings is 1. The first-order chi connectivity index (χ1) is 15.3. The highest BCUT2D eigenvalue weighted by Gasteiger charge is 2.44. The first-order valence-corrected chi connectivity index (χ1v) is 10.5. The largest absolute Gasteiger partial charge is 0.364 e. The number of anilines is 1. The molecule has 1 aliphatic carbocycles. The van der Waals surface area contributed by atoms with Crippen LogP contribution in [0.1, 0.15) is 41.4 Å². The molecule has 1 aromatic heterocycles. The van der Waals surface area contributed by atoms with Gasteiger partial charge in [0.15, 0.2) is 0 Å². The Hall–Kier alpha value is -3.43. The van der Waals surface area contributed by atoms with Crippen LogP contribution >= 0.6 is 0 Å². The molecule has 8 nitrogen and oxygen atoms in total. The van der Waals surface area contributed by atoms with E-state index in [1.165, 1.54) is 18.5 Å². The second kappa shape index (κ2) is 8.97. The number of amides is 2. The van der Waals surface area contributed by atoms with Crippen molar-refractivity contribution < 1.29 is 18.4 Å². The summed E-state index contributed by atoms with van der Waals surface area (Å²) in [4.78, 5) is 34.5. The third-order valence-corrected chi connectivity index (χ3v) is 6.31. The summed E-state index contributed by atoms with van der Waals surface area (Å²) in [5.74, 6) is -1.18. The Labute approximate surface area is 183 Å². The molecule has 1 aliphatic heterocycles. The Bertz CT molecular complexity index is 1010. The molecule has 2 aromatic rings. The van der Waals surface area contributed by atoms with Crippen LogP contribution in [0, 0.1) is 34.8 Å². The number of carbonyl (C=O) groups excluding carboxylic acids is 2. The van der Waals surface area contributed by atoms with Gasteiger partial charge < -0.3 is 21.4 Å². The van der Waals surface area contributed by atoms with Crippen molar-refractivity contribution in [3.8, 4) is 0 Å². The Morgan fingerprint density at radius 1 is 1.16 bits per heavy atom. The van der Waals surface area contributed by atoms with Gasteiger partial charge in [-0.2, -0.15) is 0 Å². The summed E-state index contributed by atoms with van der Waals surface area (Å²) in [5, 5.41) is 10.3. The molecule has 2 amide bonds. The van der Waals surface area contributed by atoms with Gasteiger partial charge in [0.05, 0.1) is 6.04 Å². The summed E-state index contributed by atoms with van der Waals surface area (Å²) in [6, 6.07) is 4.06. The van der Waals surface area contributed by atoms with Gasteiger partial charge in [0.2, 0.25) is 5.91 Å². The van der Waals surface area contributed by atoms with Crippen molar-refractivity contribution in [2.24, 2.45) is 23.5 Å². The Balaban J connectivity index is 1.39. The average Bonchev–Trinajstić information content (AvgIpc) is 3.32. The maximum atomic E-state index is 13.6. The third-order valence-electron chi connectivity index (χ3n) is 6.31. The van der Waals surface area contributed by atoms with Gasteiger partial charge in [-0.3, -0.25) is 9.59 Å². The number of carbonyl (C=O) groups is 2. The lowest BCUT2D eigenvalue weighted by Crippen LogP contribution is -2.34. The van der Waals surface area contributed by atoms with Crippen molar-refractivity contribution in [1.82, 2.24) is 15.3 Å².